The quantitative estimate of drug-likeness (QED) is 0.591. The van der Waals surface area contributed by atoms with Gasteiger partial charge in [-0.2, -0.15) is 0 Å². The van der Waals surface area contributed by atoms with Gasteiger partial charge in [0, 0.05) is 25.2 Å². The number of rotatable bonds is 1. The molecule has 0 spiro atoms. The number of hydrogen-bond donors (Lipinski definition) is 1. The minimum absolute atomic E-state index is 0.548. The molecule has 10 heavy (non-hydrogen) atoms. The minimum Gasteiger partial charge on any atom is -0.264 e. The summed E-state index contributed by atoms with van der Waals surface area (Å²) in [5.41, 5.74) is 0.548. The van der Waals surface area contributed by atoms with Gasteiger partial charge < -0.3 is 0 Å². The summed E-state index contributed by atoms with van der Waals surface area (Å²) in [7, 11) is 0. The molecule has 0 amide bonds. The summed E-state index contributed by atoms with van der Waals surface area (Å²) in [6.45, 7) is 6.94. The molecule has 2 N–H and O–H groups in total. The second kappa shape index (κ2) is 3.11. The van der Waals surface area contributed by atoms with Crippen LogP contribution >= 0.6 is 12.1 Å². The van der Waals surface area contributed by atoms with E-state index < -0.39 is 0 Å². The van der Waals surface area contributed by atoms with Gasteiger partial charge in [0.2, 0.25) is 0 Å². The third-order valence-corrected chi connectivity index (χ3v) is 2.89. The molecule has 3 heteroatoms. The summed E-state index contributed by atoms with van der Waals surface area (Å²) in [5, 5.41) is 5.43. The number of nitrogens with zero attached hydrogens (tertiary/aromatic N) is 1. The van der Waals surface area contributed by atoms with Gasteiger partial charge in [-0.3, -0.25) is 5.14 Å². The smallest absolute Gasteiger partial charge is 0.0106 e. The fourth-order valence-electron chi connectivity index (χ4n) is 1.20. The number of piperidine rings is 1. The first-order chi connectivity index (χ1) is 4.64. The lowest BCUT2D eigenvalue weighted by atomic mass is 9.83. The first kappa shape index (κ1) is 8.37. The van der Waals surface area contributed by atoms with E-state index >= 15 is 0 Å². The summed E-state index contributed by atoms with van der Waals surface area (Å²) in [6, 6.07) is 0. The molecule has 0 bridgehead atoms. The van der Waals surface area contributed by atoms with Crippen molar-refractivity contribution >= 4 is 12.1 Å². The zero-order valence-corrected chi connectivity index (χ0v) is 7.58. The van der Waals surface area contributed by atoms with Gasteiger partial charge in [-0.25, -0.2) is 4.31 Å². The third-order valence-electron chi connectivity index (χ3n) is 2.23. The highest BCUT2D eigenvalue weighted by Crippen LogP contribution is 2.30. The predicted molar refractivity (Wildman–Crippen MR) is 46.4 cm³/mol. The van der Waals surface area contributed by atoms with E-state index in [9.17, 15) is 0 Å². The van der Waals surface area contributed by atoms with Crippen LogP contribution in [0.1, 0.15) is 26.7 Å². The van der Waals surface area contributed by atoms with Gasteiger partial charge in [-0.1, -0.05) is 13.8 Å². The van der Waals surface area contributed by atoms with Gasteiger partial charge in [0.05, 0.1) is 0 Å². The lowest BCUT2D eigenvalue weighted by molar-refractivity contribution is 0.205. The van der Waals surface area contributed by atoms with E-state index in [2.05, 4.69) is 18.2 Å². The molecule has 0 aromatic carbocycles. The Balaban J connectivity index is 2.31. The molecule has 1 rings (SSSR count). The molecule has 1 fully saturated rings. The fourth-order valence-corrected chi connectivity index (χ4v) is 1.59. The predicted octanol–water partition coefficient (Wildman–Crippen LogP) is 1.63. The van der Waals surface area contributed by atoms with E-state index in [-0.39, 0.29) is 0 Å². The summed E-state index contributed by atoms with van der Waals surface area (Å²) in [5.74, 6) is 0. The Morgan fingerprint density at radius 2 is 1.80 bits per heavy atom. The van der Waals surface area contributed by atoms with Gasteiger partial charge in [0.1, 0.15) is 0 Å². The van der Waals surface area contributed by atoms with Crippen LogP contribution in [0.4, 0.5) is 0 Å². The van der Waals surface area contributed by atoms with Crippen molar-refractivity contribution in [1.82, 2.24) is 4.31 Å². The highest BCUT2D eigenvalue weighted by atomic mass is 32.2. The second-order valence-corrected chi connectivity index (χ2v) is 4.43. The van der Waals surface area contributed by atoms with E-state index in [0.29, 0.717) is 5.41 Å². The first-order valence-corrected chi connectivity index (χ1v) is 4.59. The SMILES string of the molecule is CC1(C)CCN(SN)CC1. The number of hydrogen-bond acceptors (Lipinski definition) is 3. The fraction of sp³-hybridized carbons (Fsp3) is 1.00. The van der Waals surface area contributed by atoms with E-state index in [1.54, 1.807) is 0 Å². The van der Waals surface area contributed by atoms with Gasteiger partial charge in [-0.15, -0.1) is 0 Å². The Bertz CT molecular complexity index is 104. The standard InChI is InChI=1S/C7H16N2S/c1-7(2)3-5-9(10-8)6-4-7/h3-6,8H2,1-2H3. The zero-order chi connectivity index (χ0) is 7.61. The third kappa shape index (κ3) is 2.15. The topological polar surface area (TPSA) is 29.3 Å². The van der Waals surface area contributed by atoms with Crippen LogP contribution in [-0.2, 0) is 0 Å². The van der Waals surface area contributed by atoms with Crippen molar-refractivity contribution in [2.75, 3.05) is 13.1 Å². The Morgan fingerprint density at radius 1 is 1.30 bits per heavy atom. The van der Waals surface area contributed by atoms with Gasteiger partial charge >= 0.3 is 0 Å². The molecular weight excluding hydrogens is 144 g/mol. The van der Waals surface area contributed by atoms with Crippen LogP contribution in [0.5, 0.6) is 0 Å². The molecule has 2 nitrogen and oxygen atoms in total. The van der Waals surface area contributed by atoms with Crippen molar-refractivity contribution in [3.63, 3.8) is 0 Å². The summed E-state index contributed by atoms with van der Waals surface area (Å²) in [4.78, 5) is 0. The van der Waals surface area contributed by atoms with Crippen molar-refractivity contribution in [1.29, 1.82) is 0 Å². The lowest BCUT2D eigenvalue weighted by Gasteiger charge is -2.34. The maximum absolute atomic E-state index is 5.43. The molecule has 0 radical (unpaired) electrons. The maximum atomic E-state index is 5.43. The average molecular weight is 160 g/mol. The van der Waals surface area contributed by atoms with Gasteiger partial charge in [0.25, 0.3) is 0 Å². The largest absolute Gasteiger partial charge is 0.264 e. The molecule has 1 aliphatic heterocycles. The van der Waals surface area contributed by atoms with Crippen LogP contribution in [0.15, 0.2) is 0 Å². The van der Waals surface area contributed by atoms with Crippen molar-refractivity contribution in [3.05, 3.63) is 0 Å². The van der Waals surface area contributed by atoms with Crippen LogP contribution in [0.25, 0.3) is 0 Å². The summed E-state index contributed by atoms with van der Waals surface area (Å²) < 4.78 is 2.23. The molecule has 0 atom stereocenters. The monoisotopic (exact) mass is 160 g/mol. The zero-order valence-electron chi connectivity index (χ0n) is 6.76. The second-order valence-electron chi connectivity index (χ2n) is 3.70. The average Bonchev–Trinajstić information content (AvgIpc) is 1.88. The van der Waals surface area contributed by atoms with Crippen molar-refractivity contribution in [3.8, 4) is 0 Å². The van der Waals surface area contributed by atoms with Crippen LogP contribution in [-0.4, -0.2) is 17.4 Å². The summed E-state index contributed by atoms with van der Waals surface area (Å²) in [6.07, 6.45) is 2.55. The maximum Gasteiger partial charge on any atom is 0.0106 e. The normalized spacial score (nSPS) is 26.7. The van der Waals surface area contributed by atoms with Crippen LogP contribution < -0.4 is 5.14 Å². The lowest BCUT2D eigenvalue weighted by Crippen LogP contribution is -2.33. The Labute approximate surface area is 67.4 Å². The van der Waals surface area contributed by atoms with E-state index in [1.165, 1.54) is 25.0 Å². The Kier molecular flexibility index (Phi) is 2.61. The summed E-state index contributed by atoms with van der Waals surface area (Å²) >= 11 is 1.38. The molecule has 0 aliphatic carbocycles. The Hall–Kier alpha value is 0.270. The van der Waals surface area contributed by atoms with Gasteiger partial charge in [0.15, 0.2) is 0 Å². The van der Waals surface area contributed by atoms with E-state index in [4.69, 9.17) is 5.14 Å². The highest BCUT2D eigenvalue weighted by molar-refractivity contribution is 7.94. The molecule has 0 unspecified atom stereocenters. The molecule has 0 aromatic rings. The Morgan fingerprint density at radius 3 is 2.20 bits per heavy atom. The van der Waals surface area contributed by atoms with Gasteiger partial charge in [-0.05, 0) is 18.3 Å². The number of nitrogens with two attached hydrogens (primary N) is 1. The highest BCUT2D eigenvalue weighted by Gasteiger charge is 2.24. The molecule has 60 valence electrons. The van der Waals surface area contributed by atoms with Crippen LogP contribution in [0.2, 0.25) is 0 Å². The molecule has 1 aliphatic rings. The molecule has 0 saturated carbocycles. The van der Waals surface area contributed by atoms with E-state index in [0.717, 1.165) is 13.1 Å². The van der Waals surface area contributed by atoms with Crippen molar-refractivity contribution < 1.29 is 0 Å². The van der Waals surface area contributed by atoms with Crippen LogP contribution in [0.3, 0.4) is 0 Å². The molecular formula is C7H16N2S. The molecule has 1 saturated heterocycles. The molecule has 1 heterocycles. The van der Waals surface area contributed by atoms with Crippen LogP contribution in [0, 0.1) is 5.41 Å². The first-order valence-electron chi connectivity index (χ1n) is 3.76. The minimum atomic E-state index is 0.548. The van der Waals surface area contributed by atoms with Crippen molar-refractivity contribution in [2.45, 2.75) is 26.7 Å². The van der Waals surface area contributed by atoms with E-state index in [1.807, 2.05) is 0 Å². The van der Waals surface area contributed by atoms with Crippen molar-refractivity contribution in [2.24, 2.45) is 10.6 Å². The molecule has 0 aromatic heterocycles.